The molecule has 1 rings (SSSR count). The molecule has 0 heterocycles. The van der Waals surface area contributed by atoms with Gasteiger partial charge >= 0.3 is 0 Å². The van der Waals surface area contributed by atoms with Crippen molar-refractivity contribution in [1.29, 1.82) is 0 Å². The number of carbonyl (C=O) groups excluding carboxylic acids is 2. The summed E-state index contributed by atoms with van der Waals surface area (Å²) >= 11 is 0. The fourth-order valence-corrected chi connectivity index (χ4v) is 1.38. The van der Waals surface area contributed by atoms with Crippen LogP contribution in [-0.2, 0) is 4.79 Å². The van der Waals surface area contributed by atoms with Gasteiger partial charge in [-0.25, -0.2) is 0 Å². The molecule has 0 aliphatic rings. The maximum Gasteiger partial charge on any atom is 0.255 e. The largest absolute Gasteiger partial charge is 0.548 e. The molecule has 0 spiro atoms. The molecule has 1 aromatic carbocycles. The number of nitrogens with one attached hydrogen (secondary N) is 1. The highest BCUT2D eigenvalue weighted by molar-refractivity contribution is 5.98. The molecule has 92 valence electrons. The zero-order valence-electron chi connectivity index (χ0n) is 9.64. The summed E-state index contributed by atoms with van der Waals surface area (Å²) in [5, 5.41) is 22.6. The van der Waals surface area contributed by atoms with E-state index >= 15 is 0 Å². The quantitative estimate of drug-likeness (QED) is 0.763. The molecule has 0 aromatic heterocycles. The van der Waals surface area contributed by atoms with Crippen molar-refractivity contribution in [2.24, 2.45) is 5.92 Å². The van der Waals surface area contributed by atoms with Crippen molar-refractivity contribution in [2.45, 2.75) is 19.9 Å². The van der Waals surface area contributed by atoms with E-state index in [-0.39, 0.29) is 17.2 Å². The van der Waals surface area contributed by atoms with E-state index in [0.29, 0.717) is 0 Å². The van der Waals surface area contributed by atoms with Crippen LogP contribution >= 0.6 is 0 Å². The summed E-state index contributed by atoms with van der Waals surface area (Å²) in [7, 11) is 0. The summed E-state index contributed by atoms with van der Waals surface area (Å²) in [5.74, 6) is -2.46. The zero-order chi connectivity index (χ0) is 13.0. The number of hydrogen-bond acceptors (Lipinski definition) is 4. The molecule has 1 amide bonds. The Morgan fingerprint density at radius 2 is 1.88 bits per heavy atom. The molecule has 5 nitrogen and oxygen atoms in total. The molecule has 0 unspecified atom stereocenters. The van der Waals surface area contributed by atoms with Crippen LogP contribution in [0.5, 0.6) is 5.75 Å². The van der Waals surface area contributed by atoms with Gasteiger partial charge in [-0.2, -0.15) is 0 Å². The molecule has 2 N–H and O–H groups in total. The SMILES string of the molecule is CC(C)[C@H](NC(=O)c1ccccc1O)C(=O)[O-]. The second-order valence-corrected chi connectivity index (χ2v) is 4.03. The number of phenolic OH excluding ortho intramolecular Hbond substituents is 1. The number of aliphatic carboxylic acids is 1. The van der Waals surface area contributed by atoms with Gasteiger partial charge in [0.2, 0.25) is 0 Å². The molecule has 5 heteroatoms. The Morgan fingerprint density at radius 3 is 2.35 bits per heavy atom. The Kier molecular flexibility index (Phi) is 4.09. The third kappa shape index (κ3) is 3.21. The summed E-state index contributed by atoms with van der Waals surface area (Å²) in [4.78, 5) is 22.5. The van der Waals surface area contributed by atoms with Crippen molar-refractivity contribution in [2.75, 3.05) is 0 Å². The van der Waals surface area contributed by atoms with Gasteiger partial charge in [-0.1, -0.05) is 26.0 Å². The number of carboxylic acid groups (broad SMARTS) is 1. The predicted molar refractivity (Wildman–Crippen MR) is 59.2 cm³/mol. The standard InChI is InChI=1S/C12H15NO4/c1-7(2)10(12(16)17)13-11(15)8-5-3-4-6-9(8)14/h3-7,10,14H,1-2H3,(H,13,15)(H,16,17)/p-1/t10-/m0/s1. The summed E-state index contributed by atoms with van der Waals surface area (Å²) in [6.07, 6.45) is 0. The molecular weight excluding hydrogens is 222 g/mol. The number of phenols is 1. The molecular formula is C12H14NO4-. The van der Waals surface area contributed by atoms with Gasteiger partial charge in [0.05, 0.1) is 17.6 Å². The molecule has 0 aliphatic heterocycles. The van der Waals surface area contributed by atoms with Crippen molar-refractivity contribution in [3.8, 4) is 5.75 Å². The lowest BCUT2D eigenvalue weighted by Gasteiger charge is -2.23. The Hall–Kier alpha value is -2.04. The first kappa shape index (κ1) is 13.0. The maximum absolute atomic E-state index is 11.7. The van der Waals surface area contributed by atoms with E-state index in [1.807, 2.05) is 0 Å². The van der Waals surface area contributed by atoms with Crippen molar-refractivity contribution >= 4 is 11.9 Å². The second-order valence-electron chi connectivity index (χ2n) is 4.03. The Bertz CT molecular complexity index is 428. The Labute approximate surface area is 99.1 Å². The number of aromatic hydroxyl groups is 1. The van der Waals surface area contributed by atoms with Crippen LogP contribution in [0.3, 0.4) is 0 Å². The number of benzene rings is 1. The van der Waals surface area contributed by atoms with Gasteiger partial charge in [0.1, 0.15) is 5.75 Å². The van der Waals surface area contributed by atoms with Crippen LogP contribution < -0.4 is 10.4 Å². The molecule has 0 aliphatic carbocycles. The highest BCUT2D eigenvalue weighted by atomic mass is 16.4. The number of amides is 1. The Morgan fingerprint density at radius 1 is 1.29 bits per heavy atom. The fourth-order valence-electron chi connectivity index (χ4n) is 1.38. The van der Waals surface area contributed by atoms with Crippen LogP contribution in [0.4, 0.5) is 0 Å². The lowest BCUT2D eigenvalue weighted by Crippen LogP contribution is -2.50. The first-order valence-corrected chi connectivity index (χ1v) is 5.23. The van der Waals surface area contributed by atoms with Crippen LogP contribution in [-0.4, -0.2) is 23.0 Å². The van der Waals surface area contributed by atoms with E-state index in [9.17, 15) is 19.8 Å². The average molecular weight is 236 g/mol. The van der Waals surface area contributed by atoms with E-state index in [4.69, 9.17) is 0 Å². The number of carboxylic acids is 1. The second kappa shape index (κ2) is 5.34. The molecule has 1 aromatic rings. The van der Waals surface area contributed by atoms with Crippen molar-refractivity contribution in [1.82, 2.24) is 5.32 Å². The van der Waals surface area contributed by atoms with Gasteiger partial charge < -0.3 is 20.3 Å². The van der Waals surface area contributed by atoms with Crippen molar-refractivity contribution < 1.29 is 19.8 Å². The first-order valence-electron chi connectivity index (χ1n) is 5.23. The first-order chi connectivity index (χ1) is 7.93. The highest BCUT2D eigenvalue weighted by Gasteiger charge is 2.19. The molecule has 1 atom stereocenters. The van der Waals surface area contributed by atoms with Crippen molar-refractivity contribution in [3.05, 3.63) is 29.8 Å². The van der Waals surface area contributed by atoms with E-state index in [2.05, 4.69) is 5.32 Å². The maximum atomic E-state index is 11.7. The van der Waals surface area contributed by atoms with Gasteiger partial charge in [0.15, 0.2) is 0 Å². The van der Waals surface area contributed by atoms with E-state index < -0.39 is 17.9 Å². The van der Waals surface area contributed by atoms with Gasteiger partial charge in [-0.3, -0.25) is 4.79 Å². The monoisotopic (exact) mass is 236 g/mol. The molecule has 0 saturated carbocycles. The number of rotatable bonds is 4. The van der Waals surface area contributed by atoms with E-state index in [1.165, 1.54) is 12.1 Å². The van der Waals surface area contributed by atoms with Crippen LogP contribution in [0.1, 0.15) is 24.2 Å². The zero-order valence-corrected chi connectivity index (χ0v) is 9.64. The van der Waals surface area contributed by atoms with Crippen molar-refractivity contribution in [3.63, 3.8) is 0 Å². The highest BCUT2D eigenvalue weighted by Crippen LogP contribution is 2.15. The lowest BCUT2D eigenvalue weighted by molar-refractivity contribution is -0.309. The predicted octanol–water partition coefficient (Wildman–Crippen LogP) is -0.104. The third-order valence-electron chi connectivity index (χ3n) is 2.36. The number of carbonyl (C=O) groups is 2. The van der Waals surface area contributed by atoms with Crippen LogP contribution in [0.25, 0.3) is 0 Å². The third-order valence-corrected chi connectivity index (χ3v) is 2.36. The summed E-state index contributed by atoms with van der Waals surface area (Å²) < 4.78 is 0. The normalized spacial score (nSPS) is 12.2. The average Bonchev–Trinajstić information content (AvgIpc) is 2.25. The molecule has 0 bridgehead atoms. The lowest BCUT2D eigenvalue weighted by atomic mass is 10.0. The minimum atomic E-state index is -1.34. The van der Waals surface area contributed by atoms with Crippen LogP contribution in [0, 0.1) is 5.92 Å². The summed E-state index contributed by atoms with van der Waals surface area (Å²) in [6.45, 7) is 3.32. The van der Waals surface area contributed by atoms with Crippen LogP contribution in [0.2, 0.25) is 0 Å². The topological polar surface area (TPSA) is 89.5 Å². The van der Waals surface area contributed by atoms with E-state index in [0.717, 1.165) is 0 Å². The number of hydrogen-bond donors (Lipinski definition) is 2. The minimum Gasteiger partial charge on any atom is -0.548 e. The van der Waals surface area contributed by atoms with Gasteiger partial charge in [-0.05, 0) is 18.1 Å². The van der Waals surface area contributed by atoms with E-state index in [1.54, 1.807) is 26.0 Å². The van der Waals surface area contributed by atoms with Crippen LogP contribution in [0.15, 0.2) is 24.3 Å². The summed E-state index contributed by atoms with van der Waals surface area (Å²) in [6, 6.07) is 4.85. The van der Waals surface area contributed by atoms with Gasteiger partial charge in [0, 0.05) is 0 Å². The number of para-hydroxylation sites is 1. The van der Waals surface area contributed by atoms with Gasteiger partial charge in [-0.15, -0.1) is 0 Å². The fraction of sp³-hybridized carbons (Fsp3) is 0.333. The Balaban J connectivity index is 2.85. The molecule has 0 saturated heterocycles. The molecule has 0 fully saturated rings. The minimum absolute atomic E-state index is 0.0411. The summed E-state index contributed by atoms with van der Waals surface area (Å²) in [5.41, 5.74) is 0.0411. The molecule has 17 heavy (non-hydrogen) atoms. The smallest absolute Gasteiger partial charge is 0.255 e. The molecule has 0 radical (unpaired) electrons. The van der Waals surface area contributed by atoms with Gasteiger partial charge in [0.25, 0.3) is 5.91 Å².